The van der Waals surface area contributed by atoms with Gasteiger partial charge in [0.15, 0.2) is 5.13 Å². The lowest BCUT2D eigenvalue weighted by Crippen LogP contribution is -2.30. The Kier molecular flexibility index (Phi) is 7.04. The number of rotatable bonds is 8. The number of thiazole rings is 1. The number of aromatic nitrogens is 2. The van der Waals surface area contributed by atoms with Crippen LogP contribution in [0.5, 0.6) is 0 Å². The SMILES string of the molecule is CSc1cccc2sc(N(Cc3cccnc3)C(=O)CCSc3ccccc3)nc12. The van der Waals surface area contributed by atoms with E-state index in [2.05, 4.69) is 29.2 Å². The third-order valence-electron chi connectivity index (χ3n) is 4.51. The molecule has 152 valence electrons. The van der Waals surface area contributed by atoms with E-state index < -0.39 is 0 Å². The van der Waals surface area contributed by atoms with Gasteiger partial charge in [0, 0.05) is 34.4 Å². The lowest BCUT2D eigenvalue weighted by Gasteiger charge is -2.20. The Morgan fingerprint density at radius 2 is 1.93 bits per heavy atom. The molecule has 0 unspecified atom stereocenters. The minimum absolute atomic E-state index is 0.0760. The first-order valence-electron chi connectivity index (χ1n) is 9.55. The second kappa shape index (κ2) is 10.1. The molecular formula is C23H21N3OS3. The number of fused-ring (bicyclic) bond motifs is 1. The van der Waals surface area contributed by atoms with Crippen LogP contribution < -0.4 is 4.90 Å². The molecule has 30 heavy (non-hydrogen) atoms. The van der Waals surface area contributed by atoms with Crippen LogP contribution in [0.4, 0.5) is 5.13 Å². The third-order valence-corrected chi connectivity index (χ3v) is 7.34. The monoisotopic (exact) mass is 451 g/mol. The molecule has 0 radical (unpaired) electrons. The fraction of sp³-hybridized carbons (Fsp3) is 0.174. The van der Waals surface area contributed by atoms with E-state index in [1.165, 1.54) is 4.90 Å². The molecule has 0 atom stereocenters. The summed E-state index contributed by atoms with van der Waals surface area (Å²) in [5.74, 6) is 0.805. The van der Waals surface area contributed by atoms with Crippen LogP contribution in [0, 0.1) is 0 Å². The van der Waals surface area contributed by atoms with Gasteiger partial charge in [0.25, 0.3) is 0 Å². The van der Waals surface area contributed by atoms with Gasteiger partial charge >= 0.3 is 0 Å². The van der Waals surface area contributed by atoms with Crippen LogP contribution >= 0.6 is 34.9 Å². The summed E-state index contributed by atoms with van der Waals surface area (Å²) in [4.78, 5) is 26.4. The van der Waals surface area contributed by atoms with Crippen LogP contribution in [0.15, 0.2) is 82.8 Å². The van der Waals surface area contributed by atoms with Crippen molar-refractivity contribution in [2.24, 2.45) is 0 Å². The average molecular weight is 452 g/mol. The number of nitrogens with zero attached hydrogens (tertiary/aromatic N) is 3. The minimum Gasteiger partial charge on any atom is -0.284 e. The number of carbonyl (C=O) groups is 1. The summed E-state index contributed by atoms with van der Waals surface area (Å²) in [5.41, 5.74) is 1.96. The van der Waals surface area contributed by atoms with Crippen LogP contribution in [0.3, 0.4) is 0 Å². The summed E-state index contributed by atoms with van der Waals surface area (Å²) in [5, 5.41) is 0.741. The molecule has 0 aliphatic carbocycles. The van der Waals surface area contributed by atoms with E-state index in [-0.39, 0.29) is 5.91 Å². The van der Waals surface area contributed by atoms with E-state index >= 15 is 0 Å². The van der Waals surface area contributed by atoms with Crippen LogP contribution in [-0.2, 0) is 11.3 Å². The molecule has 0 N–H and O–H groups in total. The van der Waals surface area contributed by atoms with Crippen molar-refractivity contribution < 1.29 is 4.79 Å². The van der Waals surface area contributed by atoms with E-state index in [4.69, 9.17) is 4.98 Å². The van der Waals surface area contributed by atoms with Crippen molar-refractivity contribution >= 4 is 56.1 Å². The Labute approximate surface area is 188 Å². The van der Waals surface area contributed by atoms with Gasteiger partial charge in [-0.3, -0.25) is 14.7 Å². The number of pyridine rings is 1. The molecule has 0 aliphatic heterocycles. The van der Waals surface area contributed by atoms with Gasteiger partial charge in [-0.25, -0.2) is 4.98 Å². The third kappa shape index (κ3) is 5.03. The zero-order valence-electron chi connectivity index (χ0n) is 16.5. The molecule has 2 heterocycles. The van der Waals surface area contributed by atoms with E-state index in [0.29, 0.717) is 13.0 Å². The molecule has 2 aromatic heterocycles. The van der Waals surface area contributed by atoms with Crippen LogP contribution in [0.1, 0.15) is 12.0 Å². The molecule has 1 amide bonds. The second-order valence-electron chi connectivity index (χ2n) is 6.56. The number of hydrogen-bond donors (Lipinski definition) is 0. The normalized spacial score (nSPS) is 11.0. The topological polar surface area (TPSA) is 46.1 Å². The Balaban J connectivity index is 1.57. The van der Waals surface area contributed by atoms with Gasteiger partial charge in [0.1, 0.15) is 0 Å². The largest absolute Gasteiger partial charge is 0.284 e. The van der Waals surface area contributed by atoms with E-state index in [9.17, 15) is 4.79 Å². The van der Waals surface area contributed by atoms with E-state index in [1.54, 1.807) is 52.2 Å². The summed E-state index contributed by atoms with van der Waals surface area (Å²) in [6.07, 6.45) is 6.05. The van der Waals surface area contributed by atoms with Crippen molar-refractivity contribution in [1.29, 1.82) is 0 Å². The van der Waals surface area contributed by atoms with E-state index in [1.807, 2.05) is 42.7 Å². The summed E-state index contributed by atoms with van der Waals surface area (Å²) in [6.45, 7) is 0.469. The first-order valence-corrected chi connectivity index (χ1v) is 12.6. The van der Waals surface area contributed by atoms with Gasteiger partial charge in [-0.2, -0.15) is 0 Å². The number of hydrogen-bond acceptors (Lipinski definition) is 6. The smallest absolute Gasteiger partial charge is 0.229 e. The quantitative estimate of drug-likeness (QED) is 0.302. The Hall–Kier alpha value is -2.35. The van der Waals surface area contributed by atoms with Crippen LogP contribution in [0.25, 0.3) is 10.2 Å². The highest BCUT2D eigenvalue weighted by Gasteiger charge is 2.21. The average Bonchev–Trinajstić information content (AvgIpc) is 3.23. The molecule has 4 rings (SSSR count). The Morgan fingerprint density at radius 3 is 2.70 bits per heavy atom. The molecule has 2 aromatic carbocycles. The Bertz CT molecular complexity index is 1120. The summed E-state index contributed by atoms with van der Waals surface area (Å²) < 4.78 is 1.10. The van der Waals surface area contributed by atoms with Crippen molar-refractivity contribution in [2.75, 3.05) is 16.9 Å². The van der Waals surface area contributed by atoms with Gasteiger partial charge in [-0.1, -0.05) is 41.7 Å². The van der Waals surface area contributed by atoms with Crippen molar-refractivity contribution in [2.45, 2.75) is 22.8 Å². The number of para-hydroxylation sites is 1. The zero-order chi connectivity index (χ0) is 20.8. The van der Waals surface area contributed by atoms with Gasteiger partial charge in [0.2, 0.25) is 5.91 Å². The molecule has 0 spiro atoms. The predicted octanol–water partition coefficient (Wildman–Crippen LogP) is 6.13. The van der Waals surface area contributed by atoms with Crippen LogP contribution in [0.2, 0.25) is 0 Å². The first kappa shape index (κ1) is 20.9. The number of benzene rings is 2. The van der Waals surface area contributed by atoms with Gasteiger partial charge in [0.05, 0.1) is 16.8 Å². The lowest BCUT2D eigenvalue weighted by molar-refractivity contribution is -0.118. The van der Waals surface area contributed by atoms with E-state index in [0.717, 1.165) is 31.6 Å². The van der Waals surface area contributed by atoms with Gasteiger partial charge < -0.3 is 0 Å². The summed E-state index contributed by atoms with van der Waals surface area (Å²) in [7, 11) is 0. The number of thioether (sulfide) groups is 2. The second-order valence-corrected chi connectivity index (χ2v) is 9.58. The fourth-order valence-corrected chi connectivity index (χ4v) is 5.54. The molecule has 0 saturated heterocycles. The minimum atomic E-state index is 0.0760. The van der Waals surface area contributed by atoms with Crippen molar-refractivity contribution in [1.82, 2.24) is 9.97 Å². The maximum Gasteiger partial charge on any atom is 0.229 e. The van der Waals surface area contributed by atoms with Crippen molar-refractivity contribution in [3.05, 3.63) is 78.6 Å². The van der Waals surface area contributed by atoms with Crippen molar-refractivity contribution in [3.63, 3.8) is 0 Å². The molecule has 0 saturated carbocycles. The maximum atomic E-state index is 13.2. The molecule has 0 fully saturated rings. The first-order chi connectivity index (χ1) is 14.7. The predicted molar refractivity (Wildman–Crippen MR) is 129 cm³/mol. The molecule has 4 aromatic rings. The number of anilines is 1. The molecule has 0 aliphatic rings. The zero-order valence-corrected chi connectivity index (χ0v) is 19.0. The highest BCUT2D eigenvalue weighted by atomic mass is 32.2. The van der Waals surface area contributed by atoms with Crippen molar-refractivity contribution in [3.8, 4) is 0 Å². The Morgan fingerprint density at radius 1 is 1.07 bits per heavy atom. The van der Waals surface area contributed by atoms with Gasteiger partial charge in [-0.05, 0) is 42.2 Å². The molecular weight excluding hydrogens is 430 g/mol. The fourth-order valence-electron chi connectivity index (χ4n) is 3.04. The summed E-state index contributed by atoms with van der Waals surface area (Å²) >= 11 is 4.94. The molecule has 4 nitrogen and oxygen atoms in total. The molecule has 7 heteroatoms. The highest BCUT2D eigenvalue weighted by molar-refractivity contribution is 7.99. The highest BCUT2D eigenvalue weighted by Crippen LogP contribution is 2.35. The lowest BCUT2D eigenvalue weighted by atomic mass is 10.2. The number of carbonyl (C=O) groups excluding carboxylic acids is 1. The van der Waals surface area contributed by atoms with Crippen LogP contribution in [-0.4, -0.2) is 27.9 Å². The number of amides is 1. The maximum absolute atomic E-state index is 13.2. The standard InChI is InChI=1S/C23H21N3OS3/c1-28-19-10-5-11-20-22(19)25-23(30-20)26(16-17-7-6-13-24-15-17)21(27)12-14-29-18-8-3-2-4-9-18/h2-11,13,15H,12,14,16H2,1H3. The van der Waals surface area contributed by atoms with Gasteiger partial charge in [-0.15, -0.1) is 23.5 Å². The molecule has 0 bridgehead atoms. The summed E-state index contributed by atoms with van der Waals surface area (Å²) in [6, 6.07) is 20.2.